The lowest BCUT2D eigenvalue weighted by molar-refractivity contribution is 0.623. The molecule has 8 heteroatoms. The topological polar surface area (TPSA) is 83.0 Å². The lowest BCUT2D eigenvalue weighted by Crippen LogP contribution is -2.47. The molecule has 0 spiro atoms. The van der Waals surface area contributed by atoms with Crippen LogP contribution in [0.4, 0.5) is 17.7 Å². The summed E-state index contributed by atoms with van der Waals surface area (Å²) in [6, 6.07) is 1.83. The van der Waals surface area contributed by atoms with E-state index in [2.05, 4.69) is 47.2 Å². The van der Waals surface area contributed by atoms with Crippen LogP contribution < -0.4 is 15.1 Å². The van der Waals surface area contributed by atoms with Crippen LogP contribution in [0.1, 0.15) is 19.8 Å². The van der Waals surface area contributed by atoms with Gasteiger partial charge in [-0.25, -0.2) is 9.97 Å². The third-order valence-corrected chi connectivity index (χ3v) is 3.78. The van der Waals surface area contributed by atoms with E-state index < -0.39 is 0 Å². The van der Waals surface area contributed by atoms with E-state index in [4.69, 9.17) is 0 Å². The molecule has 2 aromatic rings. The summed E-state index contributed by atoms with van der Waals surface area (Å²) in [6.07, 6.45) is 7.49. The van der Waals surface area contributed by atoms with E-state index in [-0.39, 0.29) is 0 Å². The molecule has 2 aromatic heterocycles. The smallest absolute Gasteiger partial charge is 0.247 e. The number of unbranched alkanes of at least 4 members (excludes halogenated alkanes) is 1. The summed E-state index contributed by atoms with van der Waals surface area (Å²) in [6.45, 7) is 6.44. The van der Waals surface area contributed by atoms with Gasteiger partial charge in [0, 0.05) is 45.1 Å². The average Bonchev–Trinajstić information content (AvgIpc) is 2.63. The van der Waals surface area contributed by atoms with E-state index in [9.17, 15) is 0 Å². The SMILES string of the molecule is CCCCNc1cnnc(N2CCN(c3ncccn3)CC2)n1. The number of nitrogens with zero attached hydrogens (tertiary/aromatic N) is 7. The van der Waals surface area contributed by atoms with Crippen LogP contribution in [0.15, 0.2) is 24.7 Å². The normalized spacial score (nSPS) is 14.8. The van der Waals surface area contributed by atoms with Gasteiger partial charge in [0.25, 0.3) is 0 Å². The summed E-state index contributed by atoms with van der Waals surface area (Å²) >= 11 is 0. The van der Waals surface area contributed by atoms with Crippen molar-refractivity contribution in [3.63, 3.8) is 0 Å². The second kappa shape index (κ2) is 7.66. The second-order valence-corrected chi connectivity index (χ2v) is 5.44. The Hall–Kier alpha value is -2.51. The molecule has 23 heavy (non-hydrogen) atoms. The molecule has 0 aliphatic carbocycles. The first-order valence-electron chi connectivity index (χ1n) is 8.07. The zero-order valence-electron chi connectivity index (χ0n) is 13.4. The molecular weight excluding hydrogens is 292 g/mol. The molecule has 0 unspecified atom stereocenters. The van der Waals surface area contributed by atoms with Crippen LogP contribution in [0.2, 0.25) is 0 Å². The third-order valence-electron chi connectivity index (χ3n) is 3.78. The molecule has 1 aliphatic heterocycles. The molecule has 0 bridgehead atoms. The number of rotatable bonds is 6. The maximum atomic E-state index is 4.56. The zero-order valence-corrected chi connectivity index (χ0v) is 13.4. The van der Waals surface area contributed by atoms with Gasteiger partial charge in [0.05, 0.1) is 6.20 Å². The van der Waals surface area contributed by atoms with E-state index >= 15 is 0 Å². The van der Waals surface area contributed by atoms with Gasteiger partial charge in [-0.3, -0.25) is 0 Å². The predicted octanol–water partition coefficient (Wildman–Crippen LogP) is 1.20. The molecule has 3 rings (SSSR count). The fraction of sp³-hybridized carbons (Fsp3) is 0.533. The van der Waals surface area contributed by atoms with Crippen LogP contribution in [0.25, 0.3) is 0 Å². The Balaban J connectivity index is 1.58. The van der Waals surface area contributed by atoms with Gasteiger partial charge < -0.3 is 15.1 Å². The molecule has 0 radical (unpaired) electrons. The van der Waals surface area contributed by atoms with Crippen molar-refractivity contribution < 1.29 is 0 Å². The zero-order chi connectivity index (χ0) is 15.9. The molecule has 1 aliphatic rings. The number of anilines is 3. The van der Waals surface area contributed by atoms with E-state index in [0.717, 1.165) is 57.3 Å². The maximum Gasteiger partial charge on any atom is 0.247 e. The van der Waals surface area contributed by atoms with Crippen LogP contribution in [0, 0.1) is 0 Å². The largest absolute Gasteiger partial charge is 0.369 e. The van der Waals surface area contributed by atoms with Crippen molar-refractivity contribution >= 4 is 17.7 Å². The van der Waals surface area contributed by atoms with Gasteiger partial charge in [0.2, 0.25) is 11.9 Å². The van der Waals surface area contributed by atoms with Gasteiger partial charge in [-0.1, -0.05) is 13.3 Å². The number of hydrogen-bond donors (Lipinski definition) is 1. The highest BCUT2D eigenvalue weighted by Crippen LogP contribution is 2.15. The molecular formula is C15H22N8. The molecule has 3 heterocycles. The van der Waals surface area contributed by atoms with Crippen molar-refractivity contribution in [3.05, 3.63) is 24.7 Å². The minimum atomic E-state index is 0.681. The first-order chi connectivity index (χ1) is 11.4. The van der Waals surface area contributed by atoms with Gasteiger partial charge in [-0.05, 0) is 12.5 Å². The van der Waals surface area contributed by atoms with Gasteiger partial charge in [0.1, 0.15) is 0 Å². The van der Waals surface area contributed by atoms with Crippen LogP contribution in [-0.2, 0) is 0 Å². The van der Waals surface area contributed by atoms with E-state index in [1.807, 2.05) is 6.07 Å². The van der Waals surface area contributed by atoms with Crippen LogP contribution in [0.5, 0.6) is 0 Å². The molecule has 0 aromatic carbocycles. The monoisotopic (exact) mass is 314 g/mol. The second-order valence-electron chi connectivity index (χ2n) is 5.44. The molecule has 1 N–H and O–H groups in total. The van der Waals surface area contributed by atoms with Gasteiger partial charge in [-0.15, -0.1) is 5.10 Å². The van der Waals surface area contributed by atoms with Crippen molar-refractivity contribution in [1.82, 2.24) is 25.1 Å². The number of aromatic nitrogens is 5. The minimum Gasteiger partial charge on any atom is -0.369 e. The molecule has 0 atom stereocenters. The Kier molecular flexibility index (Phi) is 5.13. The Morgan fingerprint density at radius 1 is 1.04 bits per heavy atom. The third kappa shape index (κ3) is 4.02. The molecule has 122 valence electrons. The first kappa shape index (κ1) is 15.4. The summed E-state index contributed by atoms with van der Waals surface area (Å²) in [5.74, 6) is 2.25. The highest BCUT2D eigenvalue weighted by atomic mass is 15.4. The van der Waals surface area contributed by atoms with Crippen LogP contribution >= 0.6 is 0 Å². The molecule has 1 saturated heterocycles. The molecule has 0 amide bonds. The number of hydrogen-bond acceptors (Lipinski definition) is 8. The van der Waals surface area contributed by atoms with E-state index in [1.165, 1.54) is 0 Å². The standard InChI is InChI=1S/C15H22N8/c1-2-3-5-16-13-12-19-21-15(20-13)23-10-8-22(9-11-23)14-17-6-4-7-18-14/h4,6-7,12H,2-3,5,8-11H2,1H3,(H,16,20,21). The summed E-state index contributed by atoms with van der Waals surface area (Å²) < 4.78 is 0. The highest BCUT2D eigenvalue weighted by molar-refractivity contribution is 5.41. The molecule has 0 saturated carbocycles. The lowest BCUT2D eigenvalue weighted by Gasteiger charge is -2.34. The molecule has 8 nitrogen and oxygen atoms in total. The number of nitrogens with one attached hydrogen (secondary N) is 1. The van der Waals surface area contributed by atoms with Crippen molar-refractivity contribution in [2.45, 2.75) is 19.8 Å². The number of piperazine rings is 1. The minimum absolute atomic E-state index is 0.681. The maximum absolute atomic E-state index is 4.56. The van der Waals surface area contributed by atoms with Gasteiger partial charge in [0.15, 0.2) is 5.82 Å². The fourth-order valence-corrected chi connectivity index (χ4v) is 2.47. The van der Waals surface area contributed by atoms with Gasteiger partial charge >= 0.3 is 0 Å². The summed E-state index contributed by atoms with van der Waals surface area (Å²) in [4.78, 5) is 17.5. The molecule has 1 fully saturated rings. The van der Waals surface area contributed by atoms with Crippen molar-refractivity contribution in [2.75, 3.05) is 47.8 Å². The van der Waals surface area contributed by atoms with Crippen molar-refractivity contribution in [2.24, 2.45) is 0 Å². The quantitative estimate of drug-likeness (QED) is 0.796. The Morgan fingerprint density at radius 3 is 2.43 bits per heavy atom. The van der Waals surface area contributed by atoms with E-state index in [0.29, 0.717) is 5.95 Å². The first-order valence-corrected chi connectivity index (χ1v) is 8.07. The fourth-order valence-electron chi connectivity index (χ4n) is 2.47. The highest BCUT2D eigenvalue weighted by Gasteiger charge is 2.21. The van der Waals surface area contributed by atoms with Crippen molar-refractivity contribution in [1.29, 1.82) is 0 Å². The predicted molar refractivity (Wildman–Crippen MR) is 89.7 cm³/mol. The Labute approximate surface area is 136 Å². The lowest BCUT2D eigenvalue weighted by atomic mass is 10.3. The average molecular weight is 314 g/mol. The summed E-state index contributed by atoms with van der Waals surface area (Å²) in [5, 5.41) is 11.5. The summed E-state index contributed by atoms with van der Waals surface area (Å²) in [5.41, 5.74) is 0. The Bertz CT molecular complexity index is 597. The van der Waals surface area contributed by atoms with Crippen molar-refractivity contribution in [3.8, 4) is 0 Å². The van der Waals surface area contributed by atoms with Gasteiger partial charge in [-0.2, -0.15) is 10.1 Å². The van der Waals surface area contributed by atoms with Crippen LogP contribution in [0.3, 0.4) is 0 Å². The van der Waals surface area contributed by atoms with E-state index in [1.54, 1.807) is 18.6 Å². The summed E-state index contributed by atoms with van der Waals surface area (Å²) in [7, 11) is 0. The Morgan fingerprint density at radius 2 is 1.74 bits per heavy atom. The van der Waals surface area contributed by atoms with Crippen LogP contribution in [-0.4, -0.2) is 57.9 Å².